The molecule has 1 atom stereocenters. The summed E-state index contributed by atoms with van der Waals surface area (Å²) in [6.45, 7) is 0.520. The second-order valence-corrected chi connectivity index (χ2v) is 4.71. The van der Waals surface area contributed by atoms with E-state index in [-0.39, 0.29) is 12.2 Å². The van der Waals surface area contributed by atoms with Gasteiger partial charge in [-0.25, -0.2) is 13.6 Å². The number of carbonyl (C=O) groups excluding carboxylic acids is 1. The number of rotatable bonds is 2. The number of carboxylic acids is 1. The van der Waals surface area contributed by atoms with Crippen LogP contribution in [0, 0.1) is 17.6 Å². The zero-order chi connectivity index (χ0) is 14.7. The topological polar surface area (TPSA) is 69.6 Å². The minimum Gasteiger partial charge on any atom is -0.481 e. The highest BCUT2D eigenvalue weighted by atomic mass is 19.1. The first-order valence-corrected chi connectivity index (χ1v) is 6.20. The highest BCUT2D eigenvalue weighted by molar-refractivity contribution is 5.89. The molecule has 0 bridgehead atoms. The van der Waals surface area contributed by atoms with Crippen LogP contribution in [-0.2, 0) is 4.79 Å². The Bertz CT molecular complexity index is 516. The van der Waals surface area contributed by atoms with Crippen LogP contribution in [0.1, 0.15) is 12.8 Å². The number of nitrogens with zero attached hydrogens (tertiary/aromatic N) is 1. The molecule has 2 amide bonds. The molecule has 1 unspecified atom stereocenters. The van der Waals surface area contributed by atoms with Gasteiger partial charge in [0.2, 0.25) is 0 Å². The number of aliphatic carboxylic acids is 1. The average molecular weight is 284 g/mol. The van der Waals surface area contributed by atoms with Crippen molar-refractivity contribution in [2.24, 2.45) is 5.92 Å². The van der Waals surface area contributed by atoms with Gasteiger partial charge >= 0.3 is 12.0 Å². The molecule has 1 aliphatic heterocycles. The molecule has 1 heterocycles. The number of carboxylic acid groups (broad SMARTS) is 1. The summed E-state index contributed by atoms with van der Waals surface area (Å²) in [5, 5.41) is 11.3. The minimum atomic E-state index is -0.945. The Labute approximate surface area is 114 Å². The number of likely N-dealkylation sites (tertiary alicyclic amines) is 1. The molecule has 0 spiro atoms. The molecule has 5 nitrogen and oxygen atoms in total. The van der Waals surface area contributed by atoms with Gasteiger partial charge in [0, 0.05) is 24.8 Å². The highest BCUT2D eigenvalue weighted by Gasteiger charge is 2.28. The number of urea groups is 1. The van der Waals surface area contributed by atoms with Crippen molar-refractivity contribution in [3.63, 3.8) is 0 Å². The maximum Gasteiger partial charge on any atom is 0.321 e. The van der Waals surface area contributed by atoms with Gasteiger partial charge in [0.05, 0.1) is 5.92 Å². The third-order valence-electron chi connectivity index (χ3n) is 3.17. The van der Waals surface area contributed by atoms with Gasteiger partial charge in [0.15, 0.2) is 0 Å². The molecule has 1 aliphatic rings. The molecule has 1 saturated heterocycles. The van der Waals surface area contributed by atoms with Crippen molar-refractivity contribution in [2.45, 2.75) is 12.8 Å². The van der Waals surface area contributed by atoms with E-state index in [1.165, 1.54) is 4.90 Å². The number of benzene rings is 1. The summed E-state index contributed by atoms with van der Waals surface area (Å²) in [7, 11) is 0. The van der Waals surface area contributed by atoms with E-state index in [0.29, 0.717) is 25.5 Å². The van der Waals surface area contributed by atoms with E-state index in [4.69, 9.17) is 5.11 Å². The van der Waals surface area contributed by atoms with Crippen LogP contribution in [-0.4, -0.2) is 35.1 Å². The van der Waals surface area contributed by atoms with Crippen molar-refractivity contribution in [1.29, 1.82) is 0 Å². The summed E-state index contributed by atoms with van der Waals surface area (Å²) in [5.41, 5.74) is 0.00458. The molecule has 0 aromatic heterocycles. The number of halogens is 2. The largest absolute Gasteiger partial charge is 0.481 e. The van der Waals surface area contributed by atoms with Crippen LogP contribution in [0.2, 0.25) is 0 Å². The first-order chi connectivity index (χ1) is 9.45. The predicted molar refractivity (Wildman–Crippen MR) is 67.3 cm³/mol. The van der Waals surface area contributed by atoms with E-state index in [1.807, 2.05) is 0 Å². The lowest BCUT2D eigenvalue weighted by Crippen LogP contribution is -2.44. The molecule has 1 fully saturated rings. The van der Waals surface area contributed by atoms with Crippen molar-refractivity contribution in [3.05, 3.63) is 29.8 Å². The zero-order valence-corrected chi connectivity index (χ0v) is 10.6. The van der Waals surface area contributed by atoms with E-state index >= 15 is 0 Å². The van der Waals surface area contributed by atoms with E-state index < -0.39 is 29.6 Å². The number of hydrogen-bond donors (Lipinski definition) is 2. The van der Waals surface area contributed by atoms with Crippen molar-refractivity contribution in [2.75, 3.05) is 18.4 Å². The number of anilines is 1. The fourth-order valence-corrected chi connectivity index (χ4v) is 2.19. The van der Waals surface area contributed by atoms with Gasteiger partial charge in [-0.05, 0) is 25.0 Å². The molecule has 2 N–H and O–H groups in total. The third kappa shape index (κ3) is 3.43. The summed E-state index contributed by atoms with van der Waals surface area (Å²) in [4.78, 5) is 24.2. The fraction of sp³-hybridized carbons (Fsp3) is 0.385. The lowest BCUT2D eigenvalue weighted by Gasteiger charge is -2.30. The number of hydrogen-bond acceptors (Lipinski definition) is 2. The molecule has 108 valence electrons. The Hall–Kier alpha value is -2.18. The number of carbonyl (C=O) groups is 2. The molecule has 0 saturated carbocycles. The van der Waals surface area contributed by atoms with Crippen LogP contribution in [0.3, 0.4) is 0 Å². The Balaban J connectivity index is 2.02. The number of nitrogens with one attached hydrogen (secondary N) is 1. The van der Waals surface area contributed by atoms with Crippen LogP contribution < -0.4 is 5.32 Å². The van der Waals surface area contributed by atoms with Crippen LogP contribution in [0.25, 0.3) is 0 Å². The molecule has 1 aromatic rings. The Morgan fingerprint density at radius 1 is 1.25 bits per heavy atom. The Morgan fingerprint density at radius 3 is 2.50 bits per heavy atom. The van der Waals surface area contributed by atoms with Gasteiger partial charge in [-0.3, -0.25) is 4.79 Å². The van der Waals surface area contributed by atoms with Crippen molar-refractivity contribution >= 4 is 17.7 Å². The van der Waals surface area contributed by atoms with Gasteiger partial charge in [0.1, 0.15) is 11.6 Å². The van der Waals surface area contributed by atoms with E-state index in [0.717, 1.165) is 12.1 Å². The summed E-state index contributed by atoms with van der Waals surface area (Å²) >= 11 is 0. The van der Waals surface area contributed by atoms with Crippen LogP contribution in [0.4, 0.5) is 19.3 Å². The average Bonchev–Trinajstić information content (AvgIpc) is 2.37. The molecule has 1 aromatic carbocycles. The van der Waals surface area contributed by atoms with Gasteiger partial charge in [-0.15, -0.1) is 0 Å². The quantitative estimate of drug-likeness (QED) is 0.875. The molecule has 0 radical (unpaired) electrons. The van der Waals surface area contributed by atoms with Crippen LogP contribution in [0.15, 0.2) is 18.2 Å². The van der Waals surface area contributed by atoms with E-state index in [9.17, 15) is 18.4 Å². The van der Waals surface area contributed by atoms with Gasteiger partial charge in [0.25, 0.3) is 0 Å². The standard InChI is InChI=1S/C13H14F2N2O3/c14-9-4-10(15)6-11(5-9)16-13(20)17-3-1-2-8(7-17)12(18)19/h4-6,8H,1-3,7H2,(H,16,20)(H,18,19). The first kappa shape index (κ1) is 14.2. The lowest BCUT2D eigenvalue weighted by molar-refractivity contribution is -0.143. The zero-order valence-electron chi connectivity index (χ0n) is 10.6. The maximum atomic E-state index is 13.0. The van der Waals surface area contributed by atoms with Crippen LogP contribution >= 0.6 is 0 Å². The molecule has 0 aliphatic carbocycles. The predicted octanol–water partition coefficient (Wildman–Crippen LogP) is 2.29. The summed E-state index contributed by atoms with van der Waals surface area (Å²) < 4.78 is 26.0. The third-order valence-corrected chi connectivity index (χ3v) is 3.17. The van der Waals surface area contributed by atoms with E-state index in [1.54, 1.807) is 0 Å². The van der Waals surface area contributed by atoms with Gasteiger partial charge < -0.3 is 15.3 Å². The Morgan fingerprint density at radius 2 is 1.90 bits per heavy atom. The van der Waals surface area contributed by atoms with Gasteiger partial charge in [-0.2, -0.15) is 0 Å². The summed E-state index contributed by atoms with van der Waals surface area (Å²) in [6.07, 6.45) is 1.11. The second-order valence-electron chi connectivity index (χ2n) is 4.71. The normalized spacial score (nSPS) is 18.7. The first-order valence-electron chi connectivity index (χ1n) is 6.20. The van der Waals surface area contributed by atoms with Gasteiger partial charge in [-0.1, -0.05) is 0 Å². The SMILES string of the molecule is O=C(O)C1CCCN(C(=O)Nc2cc(F)cc(F)c2)C1. The Kier molecular flexibility index (Phi) is 4.16. The molecule has 20 heavy (non-hydrogen) atoms. The molecule has 7 heteroatoms. The van der Waals surface area contributed by atoms with E-state index in [2.05, 4.69) is 5.32 Å². The highest BCUT2D eigenvalue weighted by Crippen LogP contribution is 2.19. The summed E-state index contributed by atoms with van der Waals surface area (Å²) in [6, 6.07) is 2.15. The molecular formula is C13H14F2N2O3. The van der Waals surface area contributed by atoms with Crippen molar-refractivity contribution < 1.29 is 23.5 Å². The molecule has 2 rings (SSSR count). The monoisotopic (exact) mass is 284 g/mol. The maximum absolute atomic E-state index is 13.0. The van der Waals surface area contributed by atoms with Crippen molar-refractivity contribution in [1.82, 2.24) is 4.90 Å². The van der Waals surface area contributed by atoms with Crippen LogP contribution in [0.5, 0.6) is 0 Å². The minimum absolute atomic E-state index is 0.00458. The second kappa shape index (κ2) is 5.85. The summed E-state index contributed by atoms with van der Waals surface area (Å²) in [5.74, 6) is -3.12. The number of piperidine rings is 1. The smallest absolute Gasteiger partial charge is 0.321 e. The lowest BCUT2D eigenvalue weighted by atomic mass is 9.99. The fourth-order valence-electron chi connectivity index (χ4n) is 2.19. The van der Waals surface area contributed by atoms with Crippen molar-refractivity contribution in [3.8, 4) is 0 Å². The molecular weight excluding hydrogens is 270 g/mol. The number of amides is 2.